The number of nitrogens with zero attached hydrogens (tertiary/aromatic N) is 1. The van der Waals surface area contributed by atoms with Crippen molar-refractivity contribution >= 4 is 15.8 Å². The van der Waals surface area contributed by atoms with Gasteiger partial charge in [-0.2, -0.15) is 0 Å². The fourth-order valence-corrected chi connectivity index (χ4v) is 1.99. The minimum Gasteiger partial charge on any atom is -0.749 e. The van der Waals surface area contributed by atoms with Crippen LogP contribution in [0.4, 0.5) is 5.69 Å². The molecule has 0 N–H and O–H groups in total. The molecule has 1 unspecified atom stereocenters. The molecule has 1 radical (unpaired) electrons. The Morgan fingerprint density at radius 3 is 2.47 bits per heavy atom. The molecule has 73 valence electrons. The van der Waals surface area contributed by atoms with Crippen molar-refractivity contribution in [2.45, 2.75) is 11.8 Å². The Kier molecular flexibility index (Phi) is 6.92. The van der Waals surface area contributed by atoms with Crippen LogP contribution in [0.5, 0.6) is 0 Å². The van der Waals surface area contributed by atoms with E-state index in [1.807, 2.05) is 0 Å². The van der Waals surface area contributed by atoms with Gasteiger partial charge in [0.15, 0.2) is 0 Å². The quantitative estimate of drug-likeness (QED) is 0.374. The average Bonchev–Trinajstić information content (AvgIpc) is 2.45. The summed E-state index contributed by atoms with van der Waals surface area (Å²) in [5, 5.41) is 2.70. The van der Waals surface area contributed by atoms with Crippen molar-refractivity contribution in [1.29, 1.82) is 0 Å². The summed E-state index contributed by atoms with van der Waals surface area (Å²) in [7, 11) is -4.29. The van der Waals surface area contributed by atoms with Gasteiger partial charge >= 0.3 is 29.6 Å². The Bertz CT molecular complexity index is 412. The molecular formula is C8H7AcNNaO3S-. The molecule has 0 bridgehead atoms. The van der Waals surface area contributed by atoms with E-state index < -0.39 is 15.5 Å². The van der Waals surface area contributed by atoms with Gasteiger partial charge in [0.25, 0.3) is 0 Å². The van der Waals surface area contributed by atoms with E-state index in [1.54, 1.807) is 24.3 Å². The van der Waals surface area contributed by atoms with Crippen LogP contribution < -0.4 is 29.6 Å². The van der Waals surface area contributed by atoms with Crippen molar-refractivity contribution in [3.63, 3.8) is 0 Å². The molecule has 0 aromatic heterocycles. The van der Waals surface area contributed by atoms with E-state index in [0.717, 1.165) is 5.56 Å². The Morgan fingerprint density at radius 1 is 1.33 bits per heavy atom. The maximum absolute atomic E-state index is 10.7. The molecular weight excluding hydrogens is 440 g/mol. The molecule has 15 heavy (non-hydrogen) atoms. The van der Waals surface area contributed by atoms with Gasteiger partial charge in [-0.3, -0.25) is 0 Å². The Labute approximate surface area is 147 Å². The molecule has 4 nitrogen and oxygen atoms in total. The number of para-hydroxylation sites is 1. The fraction of sp³-hybridized carbons (Fsp3) is 0.250. The molecule has 0 amide bonds. The van der Waals surface area contributed by atoms with Crippen molar-refractivity contribution in [2.24, 2.45) is 0 Å². The normalized spacial score (nSPS) is 18.1. The van der Waals surface area contributed by atoms with E-state index >= 15 is 0 Å². The molecule has 1 aromatic rings. The first-order valence-electron chi connectivity index (χ1n) is 3.81. The number of hydrogen-bond acceptors (Lipinski definition) is 3. The number of rotatable bonds is 1. The summed E-state index contributed by atoms with van der Waals surface area (Å²) in [6, 6.07) is 7.06. The topological polar surface area (TPSA) is 71.3 Å². The summed E-state index contributed by atoms with van der Waals surface area (Å²) < 4.78 is 32.0. The smallest absolute Gasteiger partial charge is 0.749 e. The van der Waals surface area contributed by atoms with Crippen LogP contribution in [0.3, 0.4) is 0 Å². The number of hydrogen-bond donors (Lipinski definition) is 0. The minimum atomic E-state index is -4.29. The molecule has 0 aliphatic carbocycles. The van der Waals surface area contributed by atoms with Gasteiger partial charge in [-0.25, -0.2) is 8.42 Å². The van der Waals surface area contributed by atoms with Crippen LogP contribution in [-0.4, -0.2) is 18.3 Å². The summed E-state index contributed by atoms with van der Waals surface area (Å²) in [4.78, 5) is 0. The molecule has 2 rings (SSSR count). The standard InChI is InChI=1S/C8H8NO3S.Ac.Na/c10-13(11,12)8-5-6-3-1-2-4-7(6)9-8;;/h1-4,8H,5H2,(H,10,11,12);;/q-1;;+1/p-1. The van der Waals surface area contributed by atoms with Gasteiger partial charge in [0.05, 0.1) is 10.1 Å². The first kappa shape index (κ1) is 16.4. The van der Waals surface area contributed by atoms with Crippen molar-refractivity contribution in [3.05, 3.63) is 35.1 Å². The molecule has 0 spiro atoms. The molecule has 0 saturated carbocycles. The largest absolute Gasteiger partial charge is 1.00 e. The van der Waals surface area contributed by atoms with Gasteiger partial charge in [0.1, 0.15) is 0 Å². The summed E-state index contributed by atoms with van der Waals surface area (Å²) in [5.41, 5.74) is 1.44. The predicted molar refractivity (Wildman–Crippen MR) is 46.7 cm³/mol. The van der Waals surface area contributed by atoms with Gasteiger partial charge in [-0.05, 0) is 11.8 Å². The van der Waals surface area contributed by atoms with Gasteiger partial charge in [-0.15, -0.1) is 5.69 Å². The molecule has 1 aromatic carbocycles. The third-order valence-corrected chi connectivity index (χ3v) is 2.94. The van der Waals surface area contributed by atoms with Crippen molar-refractivity contribution in [1.82, 2.24) is 0 Å². The molecule has 1 aliphatic rings. The second-order valence-corrected chi connectivity index (χ2v) is 4.44. The third-order valence-electron chi connectivity index (χ3n) is 2.00. The van der Waals surface area contributed by atoms with Crippen LogP contribution >= 0.6 is 0 Å². The van der Waals surface area contributed by atoms with Crippen LogP contribution in [0.2, 0.25) is 0 Å². The van der Waals surface area contributed by atoms with Gasteiger partial charge in [-0.1, -0.05) is 29.8 Å². The van der Waals surface area contributed by atoms with Crippen LogP contribution in [0, 0.1) is 44.1 Å². The Morgan fingerprint density at radius 2 is 1.93 bits per heavy atom. The van der Waals surface area contributed by atoms with Crippen LogP contribution in [0.25, 0.3) is 5.32 Å². The zero-order valence-electron chi connectivity index (χ0n) is 8.25. The van der Waals surface area contributed by atoms with Gasteiger partial charge in [0, 0.05) is 44.1 Å². The first-order valence-corrected chi connectivity index (χ1v) is 5.28. The first-order chi connectivity index (χ1) is 6.07. The zero-order valence-corrected chi connectivity index (χ0v) is 15.8. The average molecular weight is 447 g/mol. The van der Waals surface area contributed by atoms with E-state index in [0.29, 0.717) is 5.69 Å². The maximum Gasteiger partial charge on any atom is 1.00 e. The van der Waals surface area contributed by atoms with Crippen molar-refractivity contribution in [3.8, 4) is 0 Å². The summed E-state index contributed by atoms with van der Waals surface area (Å²) >= 11 is 0. The number of benzene rings is 1. The van der Waals surface area contributed by atoms with Crippen molar-refractivity contribution < 1.29 is 86.6 Å². The zero-order chi connectivity index (χ0) is 9.47. The number of fused-ring (bicyclic) bond motifs is 1. The molecule has 1 atom stereocenters. The summed E-state index contributed by atoms with van der Waals surface area (Å²) in [6.07, 6.45) is 0.210. The van der Waals surface area contributed by atoms with Gasteiger partial charge < -0.3 is 9.87 Å². The van der Waals surface area contributed by atoms with Crippen LogP contribution in [-0.2, 0) is 16.5 Å². The predicted octanol–water partition coefficient (Wildman–Crippen LogP) is -1.88. The monoisotopic (exact) mass is 447 g/mol. The Balaban J connectivity index is 0.000000980. The van der Waals surface area contributed by atoms with E-state index in [9.17, 15) is 13.0 Å². The van der Waals surface area contributed by atoms with E-state index in [4.69, 9.17) is 0 Å². The molecule has 7 heteroatoms. The van der Waals surface area contributed by atoms with Gasteiger partial charge in [0.2, 0.25) is 0 Å². The van der Waals surface area contributed by atoms with E-state index in [1.165, 1.54) is 0 Å². The van der Waals surface area contributed by atoms with E-state index in [2.05, 4.69) is 5.32 Å². The SMILES string of the molecule is O=S(=O)([O-])C1Cc2ccccc2[N-]1.[Ac].[Na+]. The second kappa shape index (κ2) is 6.34. The molecule has 1 heterocycles. The Hall–Kier alpha value is 1.37. The van der Waals surface area contributed by atoms with Crippen LogP contribution in [0.1, 0.15) is 5.56 Å². The van der Waals surface area contributed by atoms with Crippen LogP contribution in [0.15, 0.2) is 24.3 Å². The molecule has 0 saturated heterocycles. The molecule has 1 aliphatic heterocycles. The minimum absolute atomic E-state index is 0. The fourth-order valence-electron chi connectivity index (χ4n) is 1.36. The summed E-state index contributed by atoms with van der Waals surface area (Å²) in [5.74, 6) is 0. The van der Waals surface area contributed by atoms with Crippen molar-refractivity contribution in [2.75, 3.05) is 0 Å². The molecule has 0 fully saturated rings. The third kappa shape index (κ3) is 3.95. The second-order valence-electron chi connectivity index (χ2n) is 2.91. The maximum atomic E-state index is 10.7. The van der Waals surface area contributed by atoms with E-state index in [-0.39, 0.29) is 80.0 Å². The summed E-state index contributed by atoms with van der Waals surface area (Å²) in [6.45, 7) is 0.